The molecule has 1 aromatic rings. The second kappa shape index (κ2) is 7.92. The van der Waals surface area contributed by atoms with E-state index in [1.54, 1.807) is 0 Å². The van der Waals surface area contributed by atoms with E-state index < -0.39 is 11.9 Å². The van der Waals surface area contributed by atoms with E-state index in [4.69, 9.17) is 0 Å². The summed E-state index contributed by atoms with van der Waals surface area (Å²) in [5.41, 5.74) is 1.51. The van der Waals surface area contributed by atoms with Crippen molar-refractivity contribution in [2.75, 3.05) is 14.2 Å². The van der Waals surface area contributed by atoms with E-state index in [0.717, 1.165) is 5.56 Å². The van der Waals surface area contributed by atoms with Crippen molar-refractivity contribution in [3.63, 3.8) is 0 Å². The molecule has 0 aliphatic heterocycles. The second-order valence-corrected chi connectivity index (χ2v) is 3.78. The van der Waals surface area contributed by atoms with Gasteiger partial charge in [-0.1, -0.05) is 30.3 Å². The Balaban J connectivity index is 2.66. The van der Waals surface area contributed by atoms with Gasteiger partial charge in [0.05, 0.1) is 20.6 Å². The molecule has 0 spiro atoms. The average molecular weight is 263 g/mol. The molecule has 0 aliphatic rings. The van der Waals surface area contributed by atoms with Crippen molar-refractivity contribution in [2.45, 2.75) is 13.0 Å². The van der Waals surface area contributed by atoms with Gasteiger partial charge in [-0.3, -0.25) is 4.79 Å². The highest BCUT2D eigenvalue weighted by Crippen LogP contribution is 2.04. The standard InChI is InChI=1S/C14H17NO4/c1-18-13(16)8-12(9-14(17)19-2)15-10-11-6-4-3-5-7-11/h3-8,15H,9-10H2,1-2H3/b12-8+. The summed E-state index contributed by atoms with van der Waals surface area (Å²) in [6.07, 6.45) is 1.25. The van der Waals surface area contributed by atoms with Gasteiger partial charge in [0.25, 0.3) is 0 Å². The molecular formula is C14H17NO4. The molecule has 5 heteroatoms. The minimum absolute atomic E-state index is 0.00155. The van der Waals surface area contributed by atoms with Gasteiger partial charge in [0.15, 0.2) is 0 Å². The number of rotatable bonds is 6. The first-order valence-corrected chi connectivity index (χ1v) is 5.79. The summed E-state index contributed by atoms with van der Waals surface area (Å²) in [5, 5.41) is 3.03. The van der Waals surface area contributed by atoms with Crippen LogP contribution in [0.2, 0.25) is 0 Å². The average Bonchev–Trinajstić information content (AvgIpc) is 2.45. The van der Waals surface area contributed by atoms with Crippen LogP contribution in [0, 0.1) is 0 Å². The molecular weight excluding hydrogens is 246 g/mol. The molecule has 0 saturated carbocycles. The summed E-state index contributed by atoms with van der Waals surface area (Å²) in [5.74, 6) is -0.935. The zero-order valence-electron chi connectivity index (χ0n) is 11.0. The maximum Gasteiger partial charge on any atom is 0.332 e. The Kier molecular flexibility index (Phi) is 6.15. The fourth-order valence-electron chi connectivity index (χ4n) is 1.40. The Morgan fingerprint density at radius 1 is 1.16 bits per heavy atom. The van der Waals surface area contributed by atoms with Crippen LogP contribution >= 0.6 is 0 Å². The van der Waals surface area contributed by atoms with Crippen molar-refractivity contribution in [3.05, 3.63) is 47.7 Å². The van der Waals surface area contributed by atoms with Gasteiger partial charge in [-0.25, -0.2) is 4.79 Å². The van der Waals surface area contributed by atoms with Crippen molar-refractivity contribution >= 4 is 11.9 Å². The summed E-state index contributed by atoms with van der Waals surface area (Å²) >= 11 is 0. The highest BCUT2D eigenvalue weighted by atomic mass is 16.5. The van der Waals surface area contributed by atoms with Gasteiger partial charge in [0, 0.05) is 18.3 Å². The van der Waals surface area contributed by atoms with Gasteiger partial charge in [-0.2, -0.15) is 0 Å². The smallest absolute Gasteiger partial charge is 0.332 e. The van der Waals surface area contributed by atoms with Crippen LogP contribution in [-0.4, -0.2) is 26.2 Å². The molecule has 0 radical (unpaired) electrons. The number of hydrogen-bond donors (Lipinski definition) is 1. The van der Waals surface area contributed by atoms with Gasteiger partial charge >= 0.3 is 11.9 Å². The number of carbonyl (C=O) groups is 2. The first-order valence-electron chi connectivity index (χ1n) is 5.79. The Labute approximate surface area is 112 Å². The number of nitrogens with one attached hydrogen (secondary N) is 1. The molecule has 0 aliphatic carbocycles. The van der Waals surface area contributed by atoms with Crippen LogP contribution in [0.25, 0.3) is 0 Å². The number of esters is 2. The van der Waals surface area contributed by atoms with Crippen LogP contribution < -0.4 is 5.32 Å². The van der Waals surface area contributed by atoms with Crippen LogP contribution in [0.3, 0.4) is 0 Å². The van der Waals surface area contributed by atoms with Crippen molar-refractivity contribution < 1.29 is 19.1 Å². The molecule has 0 atom stereocenters. The SMILES string of the molecule is COC(=O)/C=C(\CC(=O)OC)NCc1ccccc1. The van der Waals surface area contributed by atoms with Crippen molar-refractivity contribution in [1.82, 2.24) is 5.32 Å². The predicted molar refractivity (Wildman–Crippen MR) is 70.0 cm³/mol. The highest BCUT2D eigenvalue weighted by Gasteiger charge is 2.08. The zero-order valence-corrected chi connectivity index (χ0v) is 11.0. The molecule has 0 heterocycles. The lowest BCUT2D eigenvalue weighted by atomic mass is 10.2. The molecule has 1 rings (SSSR count). The topological polar surface area (TPSA) is 64.6 Å². The second-order valence-electron chi connectivity index (χ2n) is 3.78. The van der Waals surface area contributed by atoms with Crippen LogP contribution in [0.5, 0.6) is 0 Å². The van der Waals surface area contributed by atoms with Crippen molar-refractivity contribution in [2.24, 2.45) is 0 Å². The predicted octanol–water partition coefficient (Wildman–Crippen LogP) is 1.40. The third kappa shape index (κ3) is 5.72. The summed E-state index contributed by atoms with van der Waals surface area (Å²) < 4.78 is 9.12. The fraction of sp³-hybridized carbons (Fsp3) is 0.286. The van der Waals surface area contributed by atoms with E-state index in [1.807, 2.05) is 30.3 Å². The van der Waals surface area contributed by atoms with Gasteiger partial charge in [-0.15, -0.1) is 0 Å². The molecule has 102 valence electrons. The molecule has 19 heavy (non-hydrogen) atoms. The van der Waals surface area contributed by atoms with Crippen LogP contribution in [0.4, 0.5) is 0 Å². The molecule has 0 unspecified atom stereocenters. The first kappa shape index (κ1) is 14.8. The largest absolute Gasteiger partial charge is 0.469 e. The molecule has 0 fully saturated rings. The lowest BCUT2D eigenvalue weighted by Gasteiger charge is -2.10. The molecule has 0 saturated heterocycles. The number of benzene rings is 1. The highest BCUT2D eigenvalue weighted by molar-refractivity contribution is 5.84. The lowest BCUT2D eigenvalue weighted by molar-refractivity contribution is -0.139. The Bertz CT molecular complexity index is 454. The van der Waals surface area contributed by atoms with E-state index in [1.165, 1.54) is 20.3 Å². The van der Waals surface area contributed by atoms with E-state index in [2.05, 4.69) is 14.8 Å². The fourth-order valence-corrected chi connectivity index (χ4v) is 1.40. The molecule has 0 bridgehead atoms. The summed E-state index contributed by atoms with van der Waals surface area (Å²) in [6.45, 7) is 0.515. The van der Waals surface area contributed by atoms with Crippen molar-refractivity contribution in [3.8, 4) is 0 Å². The zero-order chi connectivity index (χ0) is 14.1. The lowest BCUT2D eigenvalue weighted by Crippen LogP contribution is -2.18. The monoisotopic (exact) mass is 263 g/mol. The Hall–Kier alpha value is -2.30. The molecule has 1 aromatic carbocycles. The molecule has 0 aromatic heterocycles. The van der Waals surface area contributed by atoms with E-state index in [9.17, 15) is 9.59 Å². The quantitative estimate of drug-likeness (QED) is 0.620. The normalized spacial score (nSPS) is 10.7. The Morgan fingerprint density at radius 2 is 1.84 bits per heavy atom. The summed E-state index contributed by atoms with van der Waals surface area (Å²) in [4.78, 5) is 22.5. The van der Waals surface area contributed by atoms with Gasteiger partial charge in [-0.05, 0) is 5.56 Å². The number of ether oxygens (including phenoxy) is 2. The van der Waals surface area contributed by atoms with E-state index in [0.29, 0.717) is 12.2 Å². The summed E-state index contributed by atoms with van der Waals surface area (Å²) in [7, 11) is 2.58. The minimum Gasteiger partial charge on any atom is -0.469 e. The Morgan fingerprint density at radius 3 is 2.42 bits per heavy atom. The number of methoxy groups -OCH3 is 2. The number of carbonyl (C=O) groups excluding carboxylic acids is 2. The van der Waals surface area contributed by atoms with Crippen molar-refractivity contribution in [1.29, 1.82) is 0 Å². The molecule has 1 N–H and O–H groups in total. The minimum atomic E-state index is -0.514. The summed E-state index contributed by atoms with van der Waals surface area (Å²) in [6, 6.07) is 9.65. The van der Waals surface area contributed by atoms with E-state index in [-0.39, 0.29) is 6.42 Å². The maximum absolute atomic E-state index is 11.2. The van der Waals surface area contributed by atoms with Gasteiger partial charge in [0.1, 0.15) is 0 Å². The van der Waals surface area contributed by atoms with Gasteiger partial charge < -0.3 is 14.8 Å². The first-order chi connectivity index (χ1) is 9.15. The van der Waals surface area contributed by atoms with Crippen LogP contribution in [0.15, 0.2) is 42.1 Å². The molecule has 0 amide bonds. The van der Waals surface area contributed by atoms with E-state index >= 15 is 0 Å². The third-order valence-electron chi connectivity index (χ3n) is 2.42. The van der Waals surface area contributed by atoms with Gasteiger partial charge in [0.2, 0.25) is 0 Å². The maximum atomic E-state index is 11.2. The third-order valence-corrected chi connectivity index (χ3v) is 2.42. The van der Waals surface area contributed by atoms with Crippen LogP contribution in [-0.2, 0) is 25.6 Å². The molecule has 5 nitrogen and oxygen atoms in total. The number of hydrogen-bond acceptors (Lipinski definition) is 5. The van der Waals surface area contributed by atoms with Crippen LogP contribution in [0.1, 0.15) is 12.0 Å².